The van der Waals surface area contributed by atoms with Gasteiger partial charge in [-0.25, -0.2) is 0 Å². The van der Waals surface area contributed by atoms with Gasteiger partial charge in [0.2, 0.25) is 0 Å². The van der Waals surface area contributed by atoms with E-state index >= 15 is 0 Å². The molecule has 13 heavy (non-hydrogen) atoms. The summed E-state index contributed by atoms with van der Waals surface area (Å²) >= 11 is 0. The van der Waals surface area contributed by atoms with Crippen molar-refractivity contribution in [3.8, 4) is 0 Å². The maximum atomic E-state index is 2.36. The van der Waals surface area contributed by atoms with Gasteiger partial charge in [0.05, 0.1) is 0 Å². The number of hydrogen-bond acceptors (Lipinski definition) is 0. The molecule has 0 aliphatic heterocycles. The molecule has 77 valence electrons. The van der Waals surface area contributed by atoms with E-state index in [1.54, 1.807) is 0 Å². The van der Waals surface area contributed by atoms with Crippen LogP contribution in [0.5, 0.6) is 0 Å². The summed E-state index contributed by atoms with van der Waals surface area (Å²) in [5.41, 5.74) is 0. The zero-order chi connectivity index (χ0) is 9.36. The second kappa shape index (κ2) is 7.41. The van der Waals surface area contributed by atoms with Gasteiger partial charge in [0.25, 0.3) is 0 Å². The highest BCUT2D eigenvalue weighted by molar-refractivity contribution is 4.68. The SMILES string of the molecule is C[CH]CC1CCCCCCCCC1. The Kier molecular flexibility index (Phi) is 6.31. The molecule has 0 heterocycles. The molecular formula is C13H25. The van der Waals surface area contributed by atoms with E-state index in [1.807, 2.05) is 0 Å². The molecular weight excluding hydrogens is 156 g/mol. The lowest BCUT2D eigenvalue weighted by molar-refractivity contribution is 0.385. The van der Waals surface area contributed by atoms with Crippen LogP contribution in [0.2, 0.25) is 0 Å². The zero-order valence-corrected chi connectivity index (χ0v) is 9.23. The number of hydrogen-bond donors (Lipinski definition) is 0. The van der Waals surface area contributed by atoms with Gasteiger partial charge in [0, 0.05) is 0 Å². The molecule has 1 radical (unpaired) electrons. The molecule has 0 N–H and O–H groups in total. The van der Waals surface area contributed by atoms with Gasteiger partial charge < -0.3 is 0 Å². The monoisotopic (exact) mass is 181 g/mol. The Hall–Kier alpha value is 0. The van der Waals surface area contributed by atoms with Gasteiger partial charge in [-0.1, -0.05) is 64.7 Å². The summed E-state index contributed by atoms with van der Waals surface area (Å²) in [5.74, 6) is 1.02. The fourth-order valence-electron chi connectivity index (χ4n) is 2.46. The molecule has 0 unspecified atom stereocenters. The fraction of sp³-hybridized carbons (Fsp3) is 0.923. The summed E-state index contributed by atoms with van der Waals surface area (Å²) in [6.45, 7) is 2.21. The standard InChI is InChI=1S/C13H25/c1-2-10-13-11-8-6-4-3-5-7-9-12-13/h2,13H,3-12H2,1H3. The summed E-state index contributed by atoms with van der Waals surface area (Å²) in [7, 11) is 0. The minimum absolute atomic E-state index is 1.02. The lowest BCUT2D eigenvalue weighted by atomic mass is 9.89. The van der Waals surface area contributed by atoms with Crippen molar-refractivity contribution in [1.82, 2.24) is 0 Å². The van der Waals surface area contributed by atoms with Crippen molar-refractivity contribution < 1.29 is 0 Å². The van der Waals surface area contributed by atoms with Crippen molar-refractivity contribution in [1.29, 1.82) is 0 Å². The number of rotatable bonds is 2. The van der Waals surface area contributed by atoms with Gasteiger partial charge in [-0.2, -0.15) is 0 Å². The molecule has 0 atom stereocenters. The Morgan fingerprint density at radius 2 is 1.31 bits per heavy atom. The quantitative estimate of drug-likeness (QED) is 0.577. The highest BCUT2D eigenvalue weighted by Crippen LogP contribution is 2.24. The van der Waals surface area contributed by atoms with E-state index in [1.165, 1.54) is 64.2 Å². The summed E-state index contributed by atoms with van der Waals surface area (Å²) in [5, 5.41) is 0. The van der Waals surface area contributed by atoms with Crippen molar-refractivity contribution in [3.63, 3.8) is 0 Å². The minimum Gasteiger partial charge on any atom is -0.0622 e. The van der Waals surface area contributed by atoms with Crippen LogP contribution in [0.1, 0.15) is 71.1 Å². The molecule has 1 fully saturated rings. The Morgan fingerprint density at radius 1 is 0.846 bits per heavy atom. The van der Waals surface area contributed by atoms with Crippen LogP contribution in [-0.4, -0.2) is 0 Å². The first-order valence-corrected chi connectivity index (χ1v) is 6.21. The molecule has 0 heteroatoms. The lowest BCUT2D eigenvalue weighted by Crippen LogP contribution is -2.02. The van der Waals surface area contributed by atoms with Crippen molar-refractivity contribution in [2.45, 2.75) is 71.1 Å². The van der Waals surface area contributed by atoms with Gasteiger partial charge in [-0.3, -0.25) is 0 Å². The average Bonchev–Trinajstić information content (AvgIpc) is 2.16. The second-order valence-electron chi connectivity index (χ2n) is 4.56. The summed E-state index contributed by atoms with van der Waals surface area (Å²) in [6.07, 6.45) is 17.1. The molecule has 0 aromatic carbocycles. The van der Waals surface area contributed by atoms with Crippen molar-refractivity contribution in [2.75, 3.05) is 0 Å². The topological polar surface area (TPSA) is 0 Å². The Morgan fingerprint density at radius 3 is 1.77 bits per heavy atom. The van der Waals surface area contributed by atoms with E-state index in [0.717, 1.165) is 5.92 Å². The van der Waals surface area contributed by atoms with Crippen LogP contribution in [0.15, 0.2) is 0 Å². The zero-order valence-electron chi connectivity index (χ0n) is 9.23. The van der Waals surface area contributed by atoms with E-state index < -0.39 is 0 Å². The van der Waals surface area contributed by atoms with E-state index in [-0.39, 0.29) is 0 Å². The third kappa shape index (κ3) is 5.33. The van der Waals surface area contributed by atoms with Crippen LogP contribution in [0.4, 0.5) is 0 Å². The van der Waals surface area contributed by atoms with E-state index in [4.69, 9.17) is 0 Å². The first-order valence-electron chi connectivity index (χ1n) is 6.21. The van der Waals surface area contributed by atoms with Gasteiger partial charge in [0.1, 0.15) is 0 Å². The Labute approximate surface area is 84.1 Å². The molecule has 0 amide bonds. The molecule has 0 bridgehead atoms. The molecule has 1 aliphatic carbocycles. The average molecular weight is 181 g/mol. The molecule has 1 aliphatic rings. The molecule has 0 spiro atoms. The highest BCUT2D eigenvalue weighted by atomic mass is 14.1. The minimum atomic E-state index is 1.02. The summed E-state index contributed by atoms with van der Waals surface area (Å²) in [6, 6.07) is 0. The maximum Gasteiger partial charge on any atom is -0.0412 e. The third-order valence-electron chi connectivity index (χ3n) is 3.29. The Bertz CT molecular complexity index is 96.6. The van der Waals surface area contributed by atoms with E-state index in [9.17, 15) is 0 Å². The van der Waals surface area contributed by atoms with E-state index in [2.05, 4.69) is 13.3 Å². The van der Waals surface area contributed by atoms with Crippen LogP contribution in [0, 0.1) is 12.3 Å². The predicted octanol–water partition coefficient (Wildman–Crippen LogP) is 4.74. The molecule has 1 rings (SSSR count). The Balaban J connectivity index is 2.18. The van der Waals surface area contributed by atoms with Crippen LogP contribution in [0.25, 0.3) is 0 Å². The largest absolute Gasteiger partial charge is 0.0622 e. The first-order chi connectivity index (χ1) is 6.43. The fourth-order valence-corrected chi connectivity index (χ4v) is 2.46. The van der Waals surface area contributed by atoms with Gasteiger partial charge >= 0.3 is 0 Å². The molecule has 0 aromatic rings. The first kappa shape index (κ1) is 11.1. The molecule has 0 saturated heterocycles. The van der Waals surface area contributed by atoms with Crippen LogP contribution in [-0.2, 0) is 0 Å². The van der Waals surface area contributed by atoms with Crippen molar-refractivity contribution >= 4 is 0 Å². The predicted molar refractivity (Wildman–Crippen MR) is 59.6 cm³/mol. The van der Waals surface area contributed by atoms with Gasteiger partial charge in [-0.05, 0) is 18.8 Å². The van der Waals surface area contributed by atoms with Crippen LogP contribution >= 0.6 is 0 Å². The molecule has 0 nitrogen and oxygen atoms in total. The van der Waals surface area contributed by atoms with Gasteiger partial charge in [-0.15, -0.1) is 0 Å². The van der Waals surface area contributed by atoms with Crippen LogP contribution < -0.4 is 0 Å². The van der Waals surface area contributed by atoms with Crippen molar-refractivity contribution in [2.24, 2.45) is 5.92 Å². The second-order valence-corrected chi connectivity index (χ2v) is 4.56. The normalized spacial score (nSPS) is 22.8. The molecule has 0 aromatic heterocycles. The van der Waals surface area contributed by atoms with E-state index in [0.29, 0.717) is 0 Å². The van der Waals surface area contributed by atoms with Gasteiger partial charge in [0.15, 0.2) is 0 Å². The smallest absolute Gasteiger partial charge is 0.0412 e. The highest BCUT2D eigenvalue weighted by Gasteiger charge is 2.08. The third-order valence-corrected chi connectivity index (χ3v) is 3.29. The maximum absolute atomic E-state index is 2.36. The molecule has 1 saturated carbocycles. The summed E-state index contributed by atoms with van der Waals surface area (Å²) < 4.78 is 0. The summed E-state index contributed by atoms with van der Waals surface area (Å²) in [4.78, 5) is 0. The lowest BCUT2D eigenvalue weighted by Gasteiger charge is -2.17. The van der Waals surface area contributed by atoms with Crippen molar-refractivity contribution in [3.05, 3.63) is 6.42 Å². The van der Waals surface area contributed by atoms with Crippen LogP contribution in [0.3, 0.4) is 0 Å².